The summed E-state index contributed by atoms with van der Waals surface area (Å²) in [4.78, 5) is 9.65. The molecule has 1 aromatic rings. The lowest BCUT2D eigenvalue weighted by atomic mass is 10.5. The van der Waals surface area contributed by atoms with Crippen molar-refractivity contribution in [2.45, 2.75) is 19.9 Å². The van der Waals surface area contributed by atoms with Gasteiger partial charge in [-0.3, -0.25) is 0 Å². The van der Waals surface area contributed by atoms with Crippen molar-refractivity contribution in [2.75, 3.05) is 0 Å². The fraction of sp³-hybridized carbons (Fsp3) is 0.500. The summed E-state index contributed by atoms with van der Waals surface area (Å²) < 4.78 is 1.57. The predicted molar refractivity (Wildman–Crippen MR) is 39.2 cm³/mol. The van der Waals surface area contributed by atoms with E-state index in [-0.39, 0.29) is 5.82 Å². The Morgan fingerprint density at radius 3 is 3.00 bits per heavy atom. The lowest BCUT2D eigenvalue weighted by Crippen LogP contribution is -1.98. The molecule has 0 amide bonds. The highest BCUT2D eigenvalue weighted by Gasteiger charge is 2.08. The van der Waals surface area contributed by atoms with Crippen molar-refractivity contribution in [3.8, 4) is 0 Å². The van der Waals surface area contributed by atoms with Crippen molar-refractivity contribution >= 4 is 5.82 Å². The van der Waals surface area contributed by atoms with Crippen molar-refractivity contribution in [1.82, 2.24) is 9.78 Å². The quantitative estimate of drug-likeness (QED) is 0.486. The van der Waals surface area contributed by atoms with Crippen molar-refractivity contribution in [2.24, 2.45) is 0 Å². The highest BCUT2D eigenvalue weighted by molar-refractivity contribution is 5.13. The van der Waals surface area contributed by atoms with Gasteiger partial charge in [-0.1, -0.05) is 6.92 Å². The molecule has 0 saturated heterocycles. The summed E-state index contributed by atoms with van der Waals surface area (Å²) in [5, 5.41) is 13.9. The van der Waals surface area contributed by atoms with Crippen LogP contribution in [-0.2, 0) is 6.54 Å². The molecule has 0 N–H and O–H groups in total. The highest BCUT2D eigenvalue weighted by Crippen LogP contribution is 2.04. The lowest BCUT2D eigenvalue weighted by molar-refractivity contribution is -0.389. The van der Waals surface area contributed by atoms with Crippen LogP contribution in [-0.4, -0.2) is 14.7 Å². The van der Waals surface area contributed by atoms with Crippen molar-refractivity contribution in [1.29, 1.82) is 0 Å². The van der Waals surface area contributed by atoms with Crippen LogP contribution < -0.4 is 0 Å². The maximum absolute atomic E-state index is 10.1. The van der Waals surface area contributed by atoms with E-state index in [9.17, 15) is 10.1 Å². The Labute approximate surface area is 63.8 Å². The third-order valence-electron chi connectivity index (χ3n) is 1.27. The van der Waals surface area contributed by atoms with Gasteiger partial charge in [-0.05, 0) is 11.3 Å². The molecule has 1 heterocycles. The van der Waals surface area contributed by atoms with Crippen LogP contribution in [0.5, 0.6) is 0 Å². The summed E-state index contributed by atoms with van der Waals surface area (Å²) in [5.74, 6) is -0.0848. The van der Waals surface area contributed by atoms with E-state index in [0.717, 1.165) is 13.0 Å². The van der Waals surface area contributed by atoms with E-state index in [1.54, 1.807) is 10.9 Å². The van der Waals surface area contributed by atoms with Gasteiger partial charge in [0.05, 0.1) is 23.9 Å². The van der Waals surface area contributed by atoms with Gasteiger partial charge in [0, 0.05) is 0 Å². The first-order valence-electron chi connectivity index (χ1n) is 3.42. The smallest absolute Gasteiger partial charge is 0.358 e. The lowest BCUT2D eigenvalue weighted by Gasteiger charge is -1.88. The van der Waals surface area contributed by atoms with Gasteiger partial charge in [0.25, 0.3) is 0 Å². The van der Waals surface area contributed by atoms with Crippen molar-refractivity contribution < 1.29 is 4.92 Å². The third-order valence-corrected chi connectivity index (χ3v) is 1.27. The summed E-state index contributed by atoms with van der Waals surface area (Å²) in [6.45, 7) is 2.72. The summed E-state index contributed by atoms with van der Waals surface area (Å²) in [6, 6.07) is 1.40. The molecule has 0 aromatic carbocycles. The molecule has 1 aromatic heterocycles. The number of rotatable bonds is 3. The van der Waals surface area contributed by atoms with Crippen LogP contribution in [0.2, 0.25) is 0 Å². The zero-order valence-electron chi connectivity index (χ0n) is 6.23. The Morgan fingerprint density at radius 1 is 1.82 bits per heavy atom. The van der Waals surface area contributed by atoms with Crippen LogP contribution in [0.25, 0.3) is 0 Å². The van der Waals surface area contributed by atoms with E-state index in [2.05, 4.69) is 5.10 Å². The molecular weight excluding hydrogens is 146 g/mol. The van der Waals surface area contributed by atoms with Crippen LogP contribution in [0.3, 0.4) is 0 Å². The Kier molecular flexibility index (Phi) is 2.20. The standard InChI is InChI=1S/C6H9N3O2/c1-2-4-8-5-3-6(7-8)9(10)11/h3,5H,2,4H2,1H3. The van der Waals surface area contributed by atoms with E-state index in [1.165, 1.54) is 6.07 Å². The molecule has 0 saturated carbocycles. The fourth-order valence-corrected chi connectivity index (χ4v) is 0.802. The van der Waals surface area contributed by atoms with Gasteiger partial charge >= 0.3 is 5.82 Å². The number of hydrogen-bond donors (Lipinski definition) is 0. The second-order valence-corrected chi connectivity index (χ2v) is 2.19. The van der Waals surface area contributed by atoms with Crippen LogP contribution in [0.1, 0.15) is 13.3 Å². The van der Waals surface area contributed by atoms with E-state index in [1.807, 2.05) is 6.92 Å². The largest absolute Gasteiger partial charge is 0.389 e. The Hall–Kier alpha value is -1.39. The van der Waals surface area contributed by atoms with Crippen LogP contribution >= 0.6 is 0 Å². The SMILES string of the molecule is CCCn1ccc([N+](=O)[O-])n1. The average Bonchev–Trinajstić information content (AvgIpc) is 2.37. The Bertz CT molecular complexity index is 256. The Balaban J connectivity index is 2.73. The average molecular weight is 155 g/mol. The molecule has 5 heteroatoms. The molecule has 0 aliphatic rings. The molecule has 60 valence electrons. The first-order chi connectivity index (χ1) is 5.24. The minimum atomic E-state index is -0.494. The zero-order chi connectivity index (χ0) is 8.27. The van der Waals surface area contributed by atoms with E-state index < -0.39 is 4.92 Å². The topological polar surface area (TPSA) is 61.0 Å². The molecule has 0 aliphatic carbocycles. The molecule has 0 unspecified atom stereocenters. The number of aromatic nitrogens is 2. The summed E-state index contributed by atoms with van der Waals surface area (Å²) in [6.07, 6.45) is 2.54. The van der Waals surface area contributed by atoms with Crippen LogP contribution in [0.4, 0.5) is 5.82 Å². The molecule has 1 rings (SSSR count). The molecular formula is C6H9N3O2. The first kappa shape index (κ1) is 7.71. The zero-order valence-corrected chi connectivity index (χ0v) is 6.23. The van der Waals surface area contributed by atoms with Gasteiger partial charge in [-0.15, -0.1) is 0 Å². The monoisotopic (exact) mass is 155 g/mol. The molecule has 0 fully saturated rings. The highest BCUT2D eigenvalue weighted by atomic mass is 16.6. The minimum absolute atomic E-state index is 0.0848. The summed E-state index contributed by atoms with van der Waals surface area (Å²) >= 11 is 0. The second kappa shape index (κ2) is 3.14. The summed E-state index contributed by atoms with van der Waals surface area (Å²) in [5.41, 5.74) is 0. The molecule has 0 radical (unpaired) electrons. The van der Waals surface area contributed by atoms with Crippen molar-refractivity contribution in [3.63, 3.8) is 0 Å². The number of nitrogens with zero attached hydrogens (tertiary/aromatic N) is 3. The van der Waals surface area contributed by atoms with Crippen LogP contribution in [0.15, 0.2) is 12.3 Å². The molecule has 0 atom stereocenters. The van der Waals surface area contributed by atoms with E-state index in [0.29, 0.717) is 0 Å². The molecule has 11 heavy (non-hydrogen) atoms. The number of aryl methyl sites for hydroxylation is 1. The maximum atomic E-state index is 10.1. The van der Waals surface area contributed by atoms with E-state index in [4.69, 9.17) is 0 Å². The molecule has 0 spiro atoms. The van der Waals surface area contributed by atoms with Gasteiger partial charge in [0.1, 0.15) is 0 Å². The molecule has 5 nitrogen and oxygen atoms in total. The van der Waals surface area contributed by atoms with Crippen molar-refractivity contribution in [3.05, 3.63) is 22.4 Å². The maximum Gasteiger partial charge on any atom is 0.389 e. The predicted octanol–water partition coefficient (Wildman–Crippen LogP) is 1.20. The Morgan fingerprint density at radius 2 is 2.55 bits per heavy atom. The van der Waals surface area contributed by atoms with Gasteiger partial charge in [0.2, 0.25) is 0 Å². The molecule has 0 aliphatic heterocycles. The fourth-order valence-electron chi connectivity index (χ4n) is 0.802. The number of hydrogen-bond acceptors (Lipinski definition) is 3. The normalized spacial score (nSPS) is 9.91. The van der Waals surface area contributed by atoms with Gasteiger partial charge in [-0.2, -0.15) is 4.68 Å². The first-order valence-corrected chi connectivity index (χ1v) is 3.42. The molecule has 0 bridgehead atoms. The van der Waals surface area contributed by atoms with E-state index >= 15 is 0 Å². The second-order valence-electron chi connectivity index (χ2n) is 2.19. The third kappa shape index (κ3) is 1.76. The van der Waals surface area contributed by atoms with Gasteiger partial charge < -0.3 is 10.1 Å². The number of nitro groups is 1. The minimum Gasteiger partial charge on any atom is -0.358 e. The summed E-state index contributed by atoms with van der Waals surface area (Å²) in [7, 11) is 0. The van der Waals surface area contributed by atoms with Gasteiger partial charge in [0.15, 0.2) is 0 Å². The van der Waals surface area contributed by atoms with Crippen LogP contribution in [0, 0.1) is 10.1 Å². The van der Waals surface area contributed by atoms with Gasteiger partial charge in [-0.25, -0.2) is 0 Å².